The minimum Gasteiger partial charge on any atom is -0.291 e. The Bertz CT molecular complexity index is 613. The van der Waals surface area contributed by atoms with Crippen LogP contribution in [0.1, 0.15) is 38.6 Å². The van der Waals surface area contributed by atoms with Crippen molar-refractivity contribution in [2.45, 2.75) is 38.8 Å². The number of pyridine rings is 1. The van der Waals surface area contributed by atoms with Gasteiger partial charge < -0.3 is 0 Å². The summed E-state index contributed by atoms with van der Waals surface area (Å²) >= 11 is 0. The molecule has 2 aromatic heterocycles. The van der Waals surface area contributed by atoms with Crippen LogP contribution < -0.4 is 5.43 Å². The van der Waals surface area contributed by atoms with Crippen LogP contribution in [0, 0.1) is 0 Å². The Kier molecular flexibility index (Phi) is 2.70. The van der Waals surface area contributed by atoms with Crippen LogP contribution in [-0.4, -0.2) is 32.1 Å². The van der Waals surface area contributed by atoms with Gasteiger partial charge in [0.05, 0.1) is 6.04 Å². The van der Waals surface area contributed by atoms with Crippen LogP contribution in [0.15, 0.2) is 23.1 Å². The third kappa shape index (κ3) is 1.84. The van der Waals surface area contributed by atoms with Crippen molar-refractivity contribution >= 4 is 5.65 Å². The maximum Gasteiger partial charge on any atom is 0.183 e. The van der Waals surface area contributed by atoms with Gasteiger partial charge in [-0.3, -0.25) is 14.8 Å². The van der Waals surface area contributed by atoms with Crippen LogP contribution in [0.2, 0.25) is 0 Å². The maximum atomic E-state index is 11.3. The van der Waals surface area contributed by atoms with E-state index in [9.17, 15) is 4.79 Å². The van der Waals surface area contributed by atoms with E-state index in [4.69, 9.17) is 0 Å². The van der Waals surface area contributed by atoms with Crippen LogP contribution in [0.4, 0.5) is 0 Å². The molecule has 1 saturated heterocycles. The molecule has 2 aromatic rings. The third-order valence-electron chi connectivity index (χ3n) is 3.65. The number of hydrogen-bond acceptors (Lipinski definition) is 3. The molecule has 1 aliphatic rings. The maximum absolute atomic E-state index is 11.3. The smallest absolute Gasteiger partial charge is 0.183 e. The second kappa shape index (κ2) is 4.24. The highest BCUT2D eigenvalue weighted by Crippen LogP contribution is 2.31. The first kappa shape index (κ1) is 11.5. The second-order valence-electron chi connectivity index (χ2n) is 5.19. The zero-order valence-electron chi connectivity index (χ0n) is 10.8. The summed E-state index contributed by atoms with van der Waals surface area (Å²) < 4.78 is 1.81. The molecule has 0 aromatic carbocycles. The molecule has 1 unspecified atom stereocenters. The Balaban J connectivity index is 2.01. The number of nitrogens with one attached hydrogen (secondary N) is 1. The third-order valence-corrected chi connectivity index (χ3v) is 3.65. The van der Waals surface area contributed by atoms with Gasteiger partial charge in [-0.2, -0.15) is 0 Å². The number of nitrogens with zero attached hydrogens (tertiary/aromatic N) is 3. The Morgan fingerprint density at radius 1 is 1.50 bits per heavy atom. The van der Waals surface area contributed by atoms with Gasteiger partial charge in [-0.05, 0) is 33.2 Å². The molecular formula is C13H18N4O. The number of aromatic nitrogens is 3. The minimum absolute atomic E-state index is 0.000174. The molecule has 0 radical (unpaired) electrons. The molecule has 1 fully saturated rings. The Labute approximate surface area is 105 Å². The van der Waals surface area contributed by atoms with Crippen molar-refractivity contribution in [1.82, 2.24) is 19.5 Å². The standard InChI is InChI=1S/C13H18N4O/c1-9(2)16-6-3-4-11(16)13-14-12-8-10(18)5-7-17(12)15-13/h5,7-9,11H,3-4,6H2,1-2H3,(H,14,15). The molecule has 0 aliphatic carbocycles. The van der Waals surface area contributed by atoms with Crippen molar-refractivity contribution in [2.24, 2.45) is 0 Å². The summed E-state index contributed by atoms with van der Waals surface area (Å²) in [5.41, 5.74) is 0.702. The van der Waals surface area contributed by atoms with Crippen LogP contribution in [0.25, 0.3) is 5.65 Å². The quantitative estimate of drug-likeness (QED) is 0.875. The molecule has 1 atom stereocenters. The number of rotatable bonds is 2. The van der Waals surface area contributed by atoms with E-state index in [1.165, 1.54) is 6.42 Å². The van der Waals surface area contributed by atoms with Gasteiger partial charge in [0.15, 0.2) is 11.1 Å². The second-order valence-corrected chi connectivity index (χ2v) is 5.19. The molecule has 1 N–H and O–H groups in total. The van der Waals surface area contributed by atoms with Crippen molar-refractivity contribution in [2.75, 3.05) is 6.54 Å². The molecule has 96 valence electrons. The fourth-order valence-electron chi connectivity index (χ4n) is 2.77. The van der Waals surface area contributed by atoms with Crippen molar-refractivity contribution < 1.29 is 0 Å². The normalized spacial score (nSPS) is 21.2. The monoisotopic (exact) mass is 246 g/mol. The van der Waals surface area contributed by atoms with E-state index in [2.05, 4.69) is 28.8 Å². The Morgan fingerprint density at radius 3 is 3.11 bits per heavy atom. The Morgan fingerprint density at radius 2 is 2.33 bits per heavy atom. The summed E-state index contributed by atoms with van der Waals surface area (Å²) in [7, 11) is 0. The van der Waals surface area contributed by atoms with Gasteiger partial charge in [0, 0.05) is 24.4 Å². The summed E-state index contributed by atoms with van der Waals surface area (Å²) in [4.78, 5) is 18.3. The van der Waals surface area contributed by atoms with E-state index >= 15 is 0 Å². The van der Waals surface area contributed by atoms with E-state index in [0.717, 1.165) is 18.8 Å². The van der Waals surface area contributed by atoms with Gasteiger partial charge in [-0.15, -0.1) is 0 Å². The molecule has 5 nitrogen and oxygen atoms in total. The van der Waals surface area contributed by atoms with Crippen molar-refractivity contribution in [3.05, 3.63) is 34.4 Å². The molecular weight excluding hydrogens is 228 g/mol. The summed E-state index contributed by atoms with van der Waals surface area (Å²) in [5, 5.41) is 3.27. The van der Waals surface area contributed by atoms with Crippen LogP contribution >= 0.6 is 0 Å². The average molecular weight is 246 g/mol. The highest BCUT2D eigenvalue weighted by Gasteiger charge is 2.30. The van der Waals surface area contributed by atoms with Crippen molar-refractivity contribution in [3.8, 4) is 0 Å². The first-order chi connectivity index (χ1) is 8.65. The van der Waals surface area contributed by atoms with Gasteiger partial charge >= 0.3 is 0 Å². The number of hydrogen-bond donors (Lipinski definition) is 1. The number of aromatic amines is 1. The van der Waals surface area contributed by atoms with Crippen molar-refractivity contribution in [3.63, 3.8) is 0 Å². The minimum atomic E-state index is 0.000174. The van der Waals surface area contributed by atoms with Crippen LogP contribution in [0.5, 0.6) is 0 Å². The predicted octanol–water partition coefficient (Wildman–Crippen LogP) is 1.57. The molecule has 1 aliphatic heterocycles. The molecule has 0 spiro atoms. The zero-order valence-corrected chi connectivity index (χ0v) is 10.8. The van der Waals surface area contributed by atoms with E-state index < -0.39 is 0 Å². The number of fused-ring (bicyclic) bond motifs is 1. The van der Waals surface area contributed by atoms with Gasteiger partial charge in [0.1, 0.15) is 5.82 Å². The molecule has 0 saturated carbocycles. The lowest BCUT2D eigenvalue weighted by molar-refractivity contribution is 0.199. The fraction of sp³-hybridized carbons (Fsp3) is 0.538. The largest absolute Gasteiger partial charge is 0.291 e. The zero-order chi connectivity index (χ0) is 12.7. The first-order valence-electron chi connectivity index (χ1n) is 6.49. The van der Waals surface area contributed by atoms with Crippen LogP contribution in [0.3, 0.4) is 0 Å². The van der Waals surface area contributed by atoms with Crippen molar-refractivity contribution in [1.29, 1.82) is 0 Å². The lowest BCUT2D eigenvalue weighted by atomic mass is 10.2. The summed E-state index contributed by atoms with van der Waals surface area (Å²) in [6, 6.07) is 3.98. The molecule has 3 rings (SSSR count). The molecule has 0 bridgehead atoms. The molecule has 0 amide bonds. The molecule has 18 heavy (non-hydrogen) atoms. The molecule has 5 heteroatoms. The topological polar surface area (TPSA) is 53.4 Å². The summed E-state index contributed by atoms with van der Waals surface area (Å²) in [5.74, 6) is 0.965. The predicted molar refractivity (Wildman–Crippen MR) is 69.6 cm³/mol. The van der Waals surface area contributed by atoms with Gasteiger partial charge in [0.2, 0.25) is 0 Å². The average Bonchev–Trinajstić information content (AvgIpc) is 2.93. The number of H-pyrrole nitrogens is 1. The fourth-order valence-corrected chi connectivity index (χ4v) is 2.77. The van der Waals surface area contributed by atoms with Gasteiger partial charge in [-0.1, -0.05) is 0 Å². The highest BCUT2D eigenvalue weighted by molar-refractivity contribution is 5.36. The van der Waals surface area contributed by atoms with Crippen LogP contribution in [-0.2, 0) is 0 Å². The van der Waals surface area contributed by atoms with Gasteiger partial charge in [0.25, 0.3) is 0 Å². The SMILES string of the molecule is CC(C)N1CCCC1c1nc2cc(=O)ccn2[nH]1. The molecule has 3 heterocycles. The lowest BCUT2D eigenvalue weighted by Crippen LogP contribution is -2.30. The summed E-state index contributed by atoms with van der Waals surface area (Å²) in [6.07, 6.45) is 4.07. The highest BCUT2D eigenvalue weighted by atomic mass is 16.1. The summed E-state index contributed by atoms with van der Waals surface area (Å²) in [6.45, 7) is 5.55. The van der Waals surface area contributed by atoms with E-state index in [1.54, 1.807) is 18.3 Å². The number of likely N-dealkylation sites (tertiary alicyclic amines) is 1. The van der Waals surface area contributed by atoms with E-state index in [0.29, 0.717) is 17.7 Å². The first-order valence-corrected chi connectivity index (χ1v) is 6.49. The lowest BCUT2D eigenvalue weighted by Gasteiger charge is -2.26. The van der Waals surface area contributed by atoms with Gasteiger partial charge in [-0.25, -0.2) is 9.50 Å². The Hall–Kier alpha value is -1.62. The van der Waals surface area contributed by atoms with E-state index in [-0.39, 0.29) is 5.43 Å². The van der Waals surface area contributed by atoms with E-state index in [1.807, 2.05) is 4.52 Å².